The number of allylic oxidation sites excluding steroid dienone is 12. The average Bonchev–Trinajstić information content (AvgIpc) is 3.84. The van der Waals surface area contributed by atoms with Crippen molar-refractivity contribution >= 4 is 34.9 Å². The van der Waals surface area contributed by atoms with Crippen LogP contribution in [0.3, 0.4) is 0 Å². The van der Waals surface area contributed by atoms with E-state index in [1.165, 1.54) is 0 Å². The van der Waals surface area contributed by atoms with Crippen LogP contribution in [0.4, 0.5) is 0 Å². The average molecular weight is 632 g/mol. The van der Waals surface area contributed by atoms with Gasteiger partial charge in [0.1, 0.15) is 5.76 Å². The summed E-state index contributed by atoms with van der Waals surface area (Å²) in [6.07, 6.45) is 9.47. The number of nitrogens with zero attached hydrogens (tertiary/aromatic N) is 4. The molecule has 0 aromatic rings. The number of aliphatic hydroxyl groups is 1. The number of rotatable bonds is 6. The van der Waals surface area contributed by atoms with Crippen LogP contribution in [0, 0.1) is 11.8 Å². The summed E-state index contributed by atoms with van der Waals surface area (Å²) in [5, 5.41) is 15.5. The predicted molar refractivity (Wildman–Crippen MR) is 179 cm³/mol. The van der Waals surface area contributed by atoms with Gasteiger partial charge >= 0.3 is 5.97 Å². The van der Waals surface area contributed by atoms with Crippen LogP contribution < -0.4 is 5.32 Å². The molecule has 7 aliphatic rings. The Morgan fingerprint density at radius 1 is 1.04 bits per heavy atom. The number of carbonyl (C=O) groups excluding carboxylic acids is 3. The van der Waals surface area contributed by atoms with Crippen LogP contribution >= 0.6 is 0 Å². The van der Waals surface area contributed by atoms with E-state index in [2.05, 4.69) is 32.7 Å². The third kappa shape index (κ3) is 4.85. The standard InChI is InChI=1S/C37H37N5O5/c1-7-21-17(3)25-14-27-19(5)23(9-12-34(46)47-42-32(44)10-11-33(42)45)36(40-27)24-13-31(43)35-20(6)28(41-37(24)35)16-30-22(8-2)18(4)26(39-30)15-29(21)38-25/h7,14-16,19,23,40,43H,1,8-13H2,2-6H3/t19-,23-/m0/s1. The summed E-state index contributed by atoms with van der Waals surface area (Å²) < 4.78 is 0. The zero-order valence-electron chi connectivity index (χ0n) is 27.3. The van der Waals surface area contributed by atoms with E-state index < -0.39 is 17.8 Å². The van der Waals surface area contributed by atoms with E-state index in [-0.39, 0.29) is 36.9 Å². The van der Waals surface area contributed by atoms with Crippen molar-refractivity contribution in [2.45, 2.75) is 73.1 Å². The van der Waals surface area contributed by atoms with E-state index in [4.69, 9.17) is 19.8 Å². The zero-order valence-corrected chi connectivity index (χ0v) is 27.3. The molecule has 0 aromatic carbocycles. The topological polar surface area (TPSA) is 133 Å². The van der Waals surface area contributed by atoms with Gasteiger partial charge < -0.3 is 15.3 Å². The van der Waals surface area contributed by atoms with E-state index in [1.807, 2.05) is 38.2 Å². The van der Waals surface area contributed by atoms with Crippen LogP contribution in [-0.2, 0) is 19.2 Å². The maximum atomic E-state index is 12.9. The number of hydroxylamine groups is 2. The van der Waals surface area contributed by atoms with Crippen molar-refractivity contribution in [2.24, 2.45) is 26.8 Å². The molecule has 0 spiro atoms. The van der Waals surface area contributed by atoms with Gasteiger partial charge in [-0.25, -0.2) is 19.8 Å². The fraction of sp³-hybridized carbons (Fsp3) is 0.351. The molecule has 2 saturated heterocycles. The number of nitrogens with one attached hydrogen (secondary N) is 1. The molecule has 10 heteroatoms. The first-order valence-corrected chi connectivity index (χ1v) is 16.2. The van der Waals surface area contributed by atoms with Gasteiger partial charge in [-0.15, -0.1) is 5.06 Å². The zero-order chi connectivity index (χ0) is 33.3. The second kappa shape index (κ2) is 11.3. The number of hydrogen-bond acceptors (Lipinski definition) is 9. The van der Waals surface area contributed by atoms with Crippen molar-refractivity contribution in [3.8, 4) is 0 Å². The van der Waals surface area contributed by atoms with E-state index >= 15 is 0 Å². The lowest BCUT2D eigenvalue weighted by Gasteiger charge is -2.18. The van der Waals surface area contributed by atoms with Gasteiger partial charge in [-0.3, -0.25) is 9.59 Å². The molecule has 47 heavy (non-hydrogen) atoms. The smallest absolute Gasteiger partial charge is 0.333 e. The molecule has 7 rings (SSSR count). The number of carbonyl (C=O) groups is 3. The van der Waals surface area contributed by atoms with Gasteiger partial charge in [0.15, 0.2) is 0 Å². The lowest BCUT2D eigenvalue weighted by molar-refractivity contribution is -0.197. The molecule has 2 N–H and O–H groups in total. The highest BCUT2D eigenvalue weighted by molar-refractivity contribution is 6.21. The van der Waals surface area contributed by atoms with Gasteiger partial charge in [-0.05, 0) is 74.1 Å². The van der Waals surface area contributed by atoms with Crippen LogP contribution in [0.15, 0.2) is 119 Å². The quantitative estimate of drug-likeness (QED) is 0.334. The van der Waals surface area contributed by atoms with Gasteiger partial charge in [0, 0.05) is 65.6 Å². The predicted octanol–water partition coefficient (Wildman–Crippen LogP) is 6.23. The minimum atomic E-state index is -0.644. The molecule has 8 bridgehead atoms. The van der Waals surface area contributed by atoms with Crippen molar-refractivity contribution in [1.82, 2.24) is 10.4 Å². The Hall–Kier alpha value is -5.12. The fourth-order valence-corrected chi connectivity index (χ4v) is 7.46. The van der Waals surface area contributed by atoms with Gasteiger partial charge in [-0.2, -0.15) is 0 Å². The van der Waals surface area contributed by atoms with Crippen molar-refractivity contribution in [2.75, 3.05) is 0 Å². The maximum Gasteiger partial charge on any atom is 0.333 e. The largest absolute Gasteiger partial charge is 0.511 e. The first kappa shape index (κ1) is 30.5. The molecule has 2 atom stereocenters. The van der Waals surface area contributed by atoms with Crippen molar-refractivity contribution < 1.29 is 24.3 Å². The van der Waals surface area contributed by atoms with Crippen LogP contribution in [0.1, 0.15) is 73.1 Å². The highest BCUT2D eigenvalue weighted by atomic mass is 16.7. The van der Waals surface area contributed by atoms with E-state index in [1.54, 1.807) is 0 Å². The first-order chi connectivity index (χ1) is 22.5. The first-order valence-electron chi connectivity index (χ1n) is 16.2. The van der Waals surface area contributed by atoms with E-state index in [0.717, 1.165) is 91.1 Å². The van der Waals surface area contributed by atoms with Crippen molar-refractivity contribution in [3.63, 3.8) is 0 Å². The number of aliphatic imine (C=N–C) groups is 3. The summed E-state index contributed by atoms with van der Waals surface area (Å²) in [6, 6.07) is 0. The molecule has 10 nitrogen and oxygen atoms in total. The Morgan fingerprint density at radius 2 is 1.74 bits per heavy atom. The lowest BCUT2D eigenvalue weighted by atomic mass is 9.86. The molecular formula is C37H37N5O5. The third-order valence-corrected chi connectivity index (χ3v) is 10.2. The highest BCUT2D eigenvalue weighted by Gasteiger charge is 2.42. The Kier molecular flexibility index (Phi) is 7.33. The van der Waals surface area contributed by atoms with Crippen molar-refractivity contribution in [1.29, 1.82) is 0 Å². The second-order valence-electron chi connectivity index (χ2n) is 12.8. The minimum Gasteiger partial charge on any atom is -0.511 e. The normalized spacial score (nSPS) is 25.1. The summed E-state index contributed by atoms with van der Waals surface area (Å²) in [5.74, 6) is -1.62. The molecule has 2 fully saturated rings. The van der Waals surface area contributed by atoms with E-state index in [9.17, 15) is 19.5 Å². The Morgan fingerprint density at radius 3 is 2.45 bits per heavy atom. The number of hydrogen-bond donors (Lipinski definition) is 2. The second-order valence-corrected chi connectivity index (χ2v) is 12.8. The lowest BCUT2D eigenvalue weighted by Crippen LogP contribution is -2.32. The number of aliphatic hydroxyl groups excluding tert-OH is 1. The Balaban J connectivity index is 1.34. The molecule has 0 unspecified atom stereocenters. The SMILES string of the molecule is C=CC1=C(C)C2=NC1=CC1=NC(=CC3=C(C)C4=C(O)CC(=C5NC(=C2)[C@@H](C)[C@@H]5CCC(=O)ON2C(=O)CCC2=O)C4=N3)C(CC)=C1C. The summed E-state index contributed by atoms with van der Waals surface area (Å²) in [4.78, 5) is 57.3. The van der Waals surface area contributed by atoms with Crippen LogP contribution in [-0.4, -0.2) is 45.1 Å². The van der Waals surface area contributed by atoms with Gasteiger partial charge in [0.05, 0.1) is 34.2 Å². The Labute approximate surface area is 273 Å². The van der Waals surface area contributed by atoms with Gasteiger partial charge in [0.2, 0.25) is 0 Å². The molecule has 0 radical (unpaired) electrons. The van der Waals surface area contributed by atoms with Crippen molar-refractivity contribution in [3.05, 3.63) is 104 Å². The third-order valence-electron chi connectivity index (χ3n) is 10.2. The molecule has 6 aliphatic heterocycles. The molecule has 240 valence electrons. The molecule has 2 amide bonds. The molecule has 6 heterocycles. The monoisotopic (exact) mass is 631 g/mol. The van der Waals surface area contributed by atoms with Gasteiger partial charge in [-0.1, -0.05) is 26.5 Å². The summed E-state index contributed by atoms with van der Waals surface area (Å²) in [5.41, 5.74) is 13.3. The summed E-state index contributed by atoms with van der Waals surface area (Å²) in [6.45, 7) is 14.4. The number of imide groups is 1. The molecular weight excluding hydrogens is 594 g/mol. The highest BCUT2D eigenvalue weighted by Crippen LogP contribution is 2.46. The maximum absolute atomic E-state index is 12.9. The van der Waals surface area contributed by atoms with E-state index in [0.29, 0.717) is 17.9 Å². The minimum absolute atomic E-state index is 0.00977. The number of fused-ring (bicyclic) bond motifs is 5. The van der Waals surface area contributed by atoms with Crippen LogP contribution in [0.5, 0.6) is 0 Å². The summed E-state index contributed by atoms with van der Waals surface area (Å²) in [7, 11) is 0. The molecule has 1 aliphatic carbocycles. The molecule has 0 saturated carbocycles. The molecule has 0 aromatic heterocycles. The van der Waals surface area contributed by atoms with Crippen LogP contribution in [0.2, 0.25) is 0 Å². The number of amides is 2. The summed E-state index contributed by atoms with van der Waals surface area (Å²) >= 11 is 0. The fourth-order valence-electron chi connectivity index (χ4n) is 7.46. The van der Waals surface area contributed by atoms with Gasteiger partial charge in [0.25, 0.3) is 11.8 Å². The Bertz CT molecular complexity index is 1950. The van der Waals surface area contributed by atoms with Crippen LogP contribution in [0.25, 0.3) is 0 Å².